The van der Waals surface area contributed by atoms with Crippen LogP contribution in [0.15, 0.2) is 18.2 Å². The maximum Gasteiger partial charge on any atom is 0.305 e. The third kappa shape index (κ3) is 3.18. The minimum atomic E-state index is -0.869. The molecule has 0 heterocycles. The monoisotopic (exact) mass is 227 g/mol. The standard InChI is InChI=1S/C11H14FNO3/c1-3-8(2)7-16-9-4-5-11(13(14)15)10(12)6-9/h4-6,8H,3,7H2,1-2H3. The minimum Gasteiger partial charge on any atom is -0.493 e. The predicted molar refractivity (Wildman–Crippen MR) is 58.0 cm³/mol. The summed E-state index contributed by atoms with van der Waals surface area (Å²) in [6, 6.07) is 3.56. The van der Waals surface area contributed by atoms with Crippen LogP contribution in [0.2, 0.25) is 0 Å². The van der Waals surface area contributed by atoms with Crippen LogP contribution in [0.3, 0.4) is 0 Å². The Hall–Kier alpha value is -1.65. The van der Waals surface area contributed by atoms with Gasteiger partial charge in [-0.2, -0.15) is 4.39 Å². The summed E-state index contributed by atoms with van der Waals surface area (Å²) in [5.41, 5.74) is -0.532. The number of nitro benzene ring substituents is 1. The molecule has 1 rings (SSSR count). The van der Waals surface area contributed by atoms with E-state index in [-0.39, 0.29) is 0 Å². The summed E-state index contributed by atoms with van der Waals surface area (Å²) >= 11 is 0. The van der Waals surface area contributed by atoms with Crippen LogP contribution in [-0.2, 0) is 0 Å². The zero-order valence-electron chi connectivity index (χ0n) is 9.27. The van der Waals surface area contributed by atoms with E-state index in [0.29, 0.717) is 18.3 Å². The molecule has 0 aliphatic rings. The van der Waals surface area contributed by atoms with Crippen LogP contribution in [0.4, 0.5) is 10.1 Å². The van der Waals surface area contributed by atoms with Gasteiger partial charge in [-0.1, -0.05) is 20.3 Å². The number of nitrogens with zero attached hydrogens (tertiary/aromatic N) is 1. The second-order valence-corrected chi connectivity index (χ2v) is 3.69. The van der Waals surface area contributed by atoms with Gasteiger partial charge in [0.2, 0.25) is 5.82 Å². The van der Waals surface area contributed by atoms with Crippen molar-refractivity contribution >= 4 is 5.69 Å². The highest BCUT2D eigenvalue weighted by molar-refractivity contribution is 5.37. The summed E-state index contributed by atoms with van der Waals surface area (Å²) in [6.07, 6.45) is 0.968. The van der Waals surface area contributed by atoms with Crippen molar-refractivity contribution in [3.05, 3.63) is 34.1 Å². The number of rotatable bonds is 5. The first-order chi connectivity index (χ1) is 7.54. The molecule has 1 aromatic rings. The fourth-order valence-corrected chi connectivity index (χ4v) is 1.08. The average molecular weight is 227 g/mol. The first-order valence-electron chi connectivity index (χ1n) is 5.11. The van der Waals surface area contributed by atoms with Crippen molar-refractivity contribution < 1.29 is 14.1 Å². The van der Waals surface area contributed by atoms with Crippen LogP contribution in [0.1, 0.15) is 20.3 Å². The maximum absolute atomic E-state index is 13.2. The summed E-state index contributed by atoms with van der Waals surface area (Å²) in [5.74, 6) is -0.173. The molecule has 1 atom stereocenters. The topological polar surface area (TPSA) is 52.4 Å². The van der Waals surface area contributed by atoms with E-state index in [1.54, 1.807) is 0 Å². The van der Waals surface area contributed by atoms with Crippen molar-refractivity contribution in [1.29, 1.82) is 0 Å². The molecule has 0 saturated carbocycles. The highest BCUT2D eigenvalue weighted by atomic mass is 19.1. The largest absolute Gasteiger partial charge is 0.493 e. The number of nitro groups is 1. The Morgan fingerprint density at radius 1 is 1.56 bits per heavy atom. The first-order valence-corrected chi connectivity index (χ1v) is 5.11. The normalized spacial score (nSPS) is 12.2. The van der Waals surface area contributed by atoms with Gasteiger partial charge in [0.25, 0.3) is 0 Å². The van der Waals surface area contributed by atoms with Crippen LogP contribution in [0, 0.1) is 21.8 Å². The maximum atomic E-state index is 13.2. The van der Waals surface area contributed by atoms with Crippen LogP contribution >= 0.6 is 0 Å². The predicted octanol–water partition coefficient (Wildman–Crippen LogP) is 3.16. The van der Waals surface area contributed by atoms with Crippen molar-refractivity contribution in [2.75, 3.05) is 6.61 Å². The third-order valence-corrected chi connectivity index (χ3v) is 2.35. The zero-order chi connectivity index (χ0) is 12.1. The molecule has 0 spiro atoms. The van der Waals surface area contributed by atoms with Crippen molar-refractivity contribution in [1.82, 2.24) is 0 Å². The smallest absolute Gasteiger partial charge is 0.305 e. The molecule has 4 nitrogen and oxygen atoms in total. The van der Waals surface area contributed by atoms with Crippen LogP contribution in [0.5, 0.6) is 5.75 Å². The van der Waals surface area contributed by atoms with Gasteiger partial charge in [0, 0.05) is 12.1 Å². The molecule has 88 valence electrons. The van der Waals surface area contributed by atoms with Crippen LogP contribution in [-0.4, -0.2) is 11.5 Å². The minimum absolute atomic E-state index is 0.323. The lowest BCUT2D eigenvalue weighted by Crippen LogP contribution is -2.07. The molecule has 5 heteroatoms. The molecular weight excluding hydrogens is 213 g/mol. The van der Waals surface area contributed by atoms with Crippen molar-refractivity contribution in [2.45, 2.75) is 20.3 Å². The molecule has 0 saturated heterocycles. The van der Waals surface area contributed by atoms with Gasteiger partial charge in [-0.25, -0.2) is 0 Å². The lowest BCUT2D eigenvalue weighted by Gasteiger charge is -2.10. The van der Waals surface area contributed by atoms with E-state index in [9.17, 15) is 14.5 Å². The number of ether oxygens (including phenoxy) is 1. The Balaban J connectivity index is 2.70. The molecule has 0 N–H and O–H groups in total. The van der Waals surface area contributed by atoms with Crippen LogP contribution in [0.25, 0.3) is 0 Å². The molecule has 1 aromatic carbocycles. The van der Waals surface area contributed by atoms with Crippen molar-refractivity contribution in [3.8, 4) is 5.75 Å². The molecule has 0 amide bonds. The van der Waals surface area contributed by atoms with E-state index in [1.807, 2.05) is 13.8 Å². The average Bonchev–Trinajstić information content (AvgIpc) is 2.25. The molecule has 0 radical (unpaired) electrons. The number of hydrogen-bond donors (Lipinski definition) is 0. The zero-order valence-corrected chi connectivity index (χ0v) is 9.27. The quantitative estimate of drug-likeness (QED) is 0.573. The van der Waals surface area contributed by atoms with Crippen LogP contribution < -0.4 is 4.74 Å². The molecule has 16 heavy (non-hydrogen) atoms. The molecule has 0 aliphatic heterocycles. The van der Waals surface area contributed by atoms with Gasteiger partial charge in [0.15, 0.2) is 0 Å². The molecular formula is C11H14FNO3. The summed E-state index contributed by atoms with van der Waals surface area (Å²) in [6.45, 7) is 4.53. The Labute approximate surface area is 93.2 Å². The number of benzene rings is 1. The van der Waals surface area contributed by atoms with Crippen molar-refractivity contribution in [2.24, 2.45) is 5.92 Å². The van der Waals surface area contributed by atoms with E-state index in [2.05, 4.69) is 0 Å². The van der Waals surface area contributed by atoms with Gasteiger partial charge in [-0.3, -0.25) is 10.1 Å². The summed E-state index contributed by atoms with van der Waals surface area (Å²) < 4.78 is 18.5. The van der Waals surface area contributed by atoms with Gasteiger partial charge in [-0.05, 0) is 12.0 Å². The fraction of sp³-hybridized carbons (Fsp3) is 0.455. The molecule has 0 bridgehead atoms. The van der Waals surface area contributed by atoms with E-state index in [0.717, 1.165) is 18.6 Å². The highest BCUT2D eigenvalue weighted by Crippen LogP contribution is 2.22. The summed E-state index contributed by atoms with van der Waals surface area (Å²) in [4.78, 5) is 9.61. The van der Waals surface area contributed by atoms with Gasteiger partial charge in [0.05, 0.1) is 11.5 Å². The van der Waals surface area contributed by atoms with E-state index in [1.165, 1.54) is 6.07 Å². The molecule has 0 aliphatic carbocycles. The van der Waals surface area contributed by atoms with E-state index < -0.39 is 16.4 Å². The summed E-state index contributed by atoms with van der Waals surface area (Å²) in [5, 5.41) is 10.4. The summed E-state index contributed by atoms with van der Waals surface area (Å²) in [7, 11) is 0. The Bertz CT molecular complexity index is 381. The Kier molecular flexibility index (Phi) is 4.22. The Morgan fingerprint density at radius 2 is 2.25 bits per heavy atom. The second-order valence-electron chi connectivity index (χ2n) is 3.69. The SMILES string of the molecule is CCC(C)COc1ccc([N+](=O)[O-])c(F)c1. The third-order valence-electron chi connectivity index (χ3n) is 2.35. The molecule has 0 fully saturated rings. The second kappa shape index (κ2) is 5.44. The van der Waals surface area contributed by atoms with E-state index in [4.69, 9.17) is 4.74 Å². The Morgan fingerprint density at radius 3 is 2.75 bits per heavy atom. The molecule has 1 unspecified atom stereocenters. The number of halogens is 1. The lowest BCUT2D eigenvalue weighted by atomic mass is 10.1. The van der Waals surface area contributed by atoms with Gasteiger partial charge < -0.3 is 4.74 Å². The lowest BCUT2D eigenvalue weighted by molar-refractivity contribution is -0.387. The molecule has 0 aromatic heterocycles. The van der Waals surface area contributed by atoms with E-state index >= 15 is 0 Å². The number of hydrogen-bond acceptors (Lipinski definition) is 3. The van der Waals surface area contributed by atoms with Gasteiger partial charge >= 0.3 is 5.69 Å². The van der Waals surface area contributed by atoms with Gasteiger partial charge in [0.1, 0.15) is 5.75 Å². The fourth-order valence-electron chi connectivity index (χ4n) is 1.08. The van der Waals surface area contributed by atoms with Gasteiger partial charge in [-0.15, -0.1) is 0 Å². The first kappa shape index (κ1) is 12.4. The van der Waals surface area contributed by atoms with Crippen molar-refractivity contribution in [3.63, 3.8) is 0 Å². The highest BCUT2D eigenvalue weighted by Gasteiger charge is 2.14.